The molecule has 0 atom stereocenters. The average Bonchev–Trinajstić information content (AvgIpc) is 3.67. The normalized spacial score (nSPS) is 16.2. The number of ether oxygens (including phenoxy) is 1. The summed E-state index contributed by atoms with van der Waals surface area (Å²) in [4.78, 5) is 25.3. The Morgan fingerprint density at radius 2 is 1.74 bits per heavy atom. The number of amides is 1. The molecule has 2 fully saturated rings. The molecule has 1 aromatic heterocycles. The molecule has 2 saturated heterocycles. The number of sulfonamides is 1. The fraction of sp³-hybridized carbons (Fsp3) is 0.360. The van der Waals surface area contributed by atoms with E-state index in [-0.39, 0.29) is 33.8 Å². The molecule has 0 unspecified atom stereocenters. The molecule has 2 aromatic carbocycles. The number of benzene rings is 2. The number of hydrogen-bond donors (Lipinski definition) is 0. The van der Waals surface area contributed by atoms with Gasteiger partial charge in [0.1, 0.15) is 16.5 Å². The number of carbonyl (C=O) groups excluding carboxylic acids is 1. The van der Waals surface area contributed by atoms with Crippen LogP contribution in [-0.4, -0.2) is 64.4 Å². The number of halogens is 1. The van der Waals surface area contributed by atoms with Crippen LogP contribution in [0.25, 0.3) is 5.69 Å². The molecular formula is C25H26FN5O6S. The second-order valence-corrected chi connectivity index (χ2v) is 11.2. The fourth-order valence-electron chi connectivity index (χ4n) is 4.72. The number of aromatic nitrogens is 2. The van der Waals surface area contributed by atoms with Gasteiger partial charge in [-0.05, 0) is 56.9 Å². The van der Waals surface area contributed by atoms with Crippen LogP contribution in [0.4, 0.5) is 10.1 Å². The van der Waals surface area contributed by atoms with Crippen LogP contribution in [0.3, 0.4) is 0 Å². The highest BCUT2D eigenvalue weighted by molar-refractivity contribution is 7.89. The van der Waals surface area contributed by atoms with Crippen molar-refractivity contribution in [3.63, 3.8) is 0 Å². The molecule has 0 saturated carbocycles. The summed E-state index contributed by atoms with van der Waals surface area (Å²) < 4.78 is 49.7. The fourth-order valence-corrected chi connectivity index (χ4v) is 6.37. The van der Waals surface area contributed by atoms with Gasteiger partial charge in [0.2, 0.25) is 15.9 Å². The summed E-state index contributed by atoms with van der Waals surface area (Å²) in [7, 11) is -4.13. The lowest BCUT2D eigenvalue weighted by Gasteiger charge is -2.18. The van der Waals surface area contributed by atoms with E-state index in [1.807, 2.05) is 0 Å². The van der Waals surface area contributed by atoms with E-state index in [0.29, 0.717) is 44.6 Å². The molecule has 38 heavy (non-hydrogen) atoms. The molecule has 11 nitrogen and oxygen atoms in total. The highest BCUT2D eigenvalue weighted by Gasteiger charge is 2.34. The Bertz CT molecular complexity index is 1510. The van der Waals surface area contributed by atoms with E-state index in [2.05, 4.69) is 5.10 Å². The first-order valence-corrected chi connectivity index (χ1v) is 13.7. The third kappa shape index (κ3) is 4.74. The third-order valence-electron chi connectivity index (χ3n) is 6.74. The average molecular weight is 544 g/mol. The zero-order valence-corrected chi connectivity index (χ0v) is 21.5. The van der Waals surface area contributed by atoms with Gasteiger partial charge in [0.05, 0.1) is 10.6 Å². The van der Waals surface area contributed by atoms with Gasteiger partial charge in [0.15, 0.2) is 5.69 Å². The molecule has 0 bridgehead atoms. The van der Waals surface area contributed by atoms with Gasteiger partial charge in [-0.3, -0.25) is 14.9 Å². The number of carbonyl (C=O) groups is 1. The van der Waals surface area contributed by atoms with Gasteiger partial charge in [0, 0.05) is 43.9 Å². The van der Waals surface area contributed by atoms with Crippen LogP contribution in [0.5, 0.6) is 11.6 Å². The predicted molar refractivity (Wildman–Crippen MR) is 135 cm³/mol. The molecule has 13 heteroatoms. The van der Waals surface area contributed by atoms with Crippen molar-refractivity contribution in [3.8, 4) is 17.3 Å². The molecule has 2 aliphatic rings. The third-order valence-corrected chi connectivity index (χ3v) is 8.66. The van der Waals surface area contributed by atoms with Crippen LogP contribution in [-0.2, 0) is 10.0 Å². The van der Waals surface area contributed by atoms with E-state index in [1.165, 1.54) is 33.3 Å². The Balaban J connectivity index is 1.65. The van der Waals surface area contributed by atoms with Crippen LogP contribution in [0.2, 0.25) is 0 Å². The van der Waals surface area contributed by atoms with Crippen molar-refractivity contribution < 1.29 is 27.3 Å². The Kier molecular flexibility index (Phi) is 6.88. The highest BCUT2D eigenvalue weighted by Crippen LogP contribution is 2.38. The van der Waals surface area contributed by atoms with Crippen molar-refractivity contribution in [3.05, 3.63) is 69.7 Å². The van der Waals surface area contributed by atoms with Crippen LogP contribution in [0, 0.1) is 22.9 Å². The quantitative estimate of drug-likeness (QED) is 0.325. The van der Waals surface area contributed by atoms with Gasteiger partial charge >= 0.3 is 0 Å². The summed E-state index contributed by atoms with van der Waals surface area (Å²) in [5, 5.41) is 15.9. The van der Waals surface area contributed by atoms with E-state index in [9.17, 15) is 27.7 Å². The Morgan fingerprint density at radius 3 is 2.39 bits per heavy atom. The second-order valence-electron chi connectivity index (χ2n) is 9.27. The van der Waals surface area contributed by atoms with E-state index in [0.717, 1.165) is 25.0 Å². The maximum atomic E-state index is 14.1. The van der Waals surface area contributed by atoms with E-state index in [1.54, 1.807) is 17.9 Å². The zero-order valence-electron chi connectivity index (χ0n) is 20.7. The first-order chi connectivity index (χ1) is 18.2. The van der Waals surface area contributed by atoms with Gasteiger partial charge in [-0.25, -0.2) is 12.8 Å². The lowest BCUT2D eigenvalue weighted by atomic mass is 10.2. The number of rotatable bonds is 7. The molecule has 0 N–H and O–H groups in total. The standard InChI is InChI=1S/C25H26FN5O6S/c1-17-23(24(32)28-11-2-3-12-28)27-30(19-8-6-7-18(26)15-19)25(17)37-21-10-9-20(31(33)34)16-22(21)38(35,36)29-13-4-5-14-29/h6-10,15-16H,2-5,11-14H2,1H3. The number of nitro groups is 1. The minimum Gasteiger partial charge on any atom is -0.437 e. The van der Waals surface area contributed by atoms with Gasteiger partial charge in [-0.15, -0.1) is 0 Å². The first-order valence-electron chi connectivity index (χ1n) is 12.3. The van der Waals surface area contributed by atoms with Crippen molar-refractivity contribution in [1.29, 1.82) is 0 Å². The maximum Gasteiger partial charge on any atom is 0.274 e. The molecule has 1 amide bonds. The number of likely N-dealkylation sites (tertiary alicyclic amines) is 1. The highest BCUT2D eigenvalue weighted by atomic mass is 32.2. The smallest absolute Gasteiger partial charge is 0.274 e. The van der Waals surface area contributed by atoms with E-state index >= 15 is 0 Å². The number of hydrogen-bond acceptors (Lipinski definition) is 7. The molecule has 3 heterocycles. The van der Waals surface area contributed by atoms with Gasteiger partial charge in [0.25, 0.3) is 11.6 Å². The summed E-state index contributed by atoms with van der Waals surface area (Å²) in [6.07, 6.45) is 3.11. The Hall–Kier alpha value is -3.84. The van der Waals surface area contributed by atoms with Crippen molar-refractivity contribution in [2.75, 3.05) is 26.2 Å². The number of nitrogens with zero attached hydrogens (tertiary/aromatic N) is 5. The van der Waals surface area contributed by atoms with Gasteiger partial charge in [-0.1, -0.05) is 6.07 Å². The van der Waals surface area contributed by atoms with Crippen LogP contribution in [0.15, 0.2) is 47.4 Å². The van der Waals surface area contributed by atoms with Gasteiger partial charge in [-0.2, -0.15) is 14.1 Å². The SMILES string of the molecule is Cc1c(C(=O)N2CCCC2)nn(-c2cccc(F)c2)c1Oc1ccc([N+](=O)[O-])cc1S(=O)(=O)N1CCCC1. The summed E-state index contributed by atoms with van der Waals surface area (Å²) in [5.74, 6) is -1.01. The van der Waals surface area contributed by atoms with Gasteiger partial charge < -0.3 is 9.64 Å². The minimum atomic E-state index is -4.13. The summed E-state index contributed by atoms with van der Waals surface area (Å²) in [5.41, 5.74) is 0.274. The Labute approximate surface area is 218 Å². The summed E-state index contributed by atoms with van der Waals surface area (Å²) in [6, 6.07) is 8.84. The van der Waals surface area contributed by atoms with Crippen molar-refractivity contribution in [1.82, 2.24) is 19.0 Å². The summed E-state index contributed by atoms with van der Waals surface area (Å²) in [6.45, 7) is 3.36. The molecule has 0 radical (unpaired) electrons. The van der Waals surface area contributed by atoms with E-state index in [4.69, 9.17) is 4.74 Å². The Morgan fingerprint density at radius 1 is 1.05 bits per heavy atom. The molecule has 2 aliphatic heterocycles. The topological polar surface area (TPSA) is 128 Å². The zero-order chi connectivity index (χ0) is 27.0. The van der Waals surface area contributed by atoms with Crippen LogP contribution >= 0.6 is 0 Å². The van der Waals surface area contributed by atoms with Crippen LogP contribution < -0.4 is 4.74 Å². The molecule has 0 aliphatic carbocycles. The summed E-state index contributed by atoms with van der Waals surface area (Å²) >= 11 is 0. The second kappa shape index (κ2) is 10.1. The molecule has 0 spiro atoms. The maximum absolute atomic E-state index is 14.1. The number of non-ortho nitro benzene ring substituents is 1. The molecule has 200 valence electrons. The monoisotopic (exact) mass is 543 g/mol. The van der Waals surface area contributed by atoms with Crippen molar-refractivity contribution in [2.45, 2.75) is 37.5 Å². The first kappa shape index (κ1) is 25.8. The predicted octanol–water partition coefficient (Wildman–Crippen LogP) is 4.04. The number of nitro benzene ring substituents is 1. The minimum absolute atomic E-state index is 0.00451. The largest absolute Gasteiger partial charge is 0.437 e. The lowest BCUT2D eigenvalue weighted by Crippen LogP contribution is -2.28. The molecule has 3 aromatic rings. The molecule has 5 rings (SSSR count). The van der Waals surface area contributed by atoms with Crippen molar-refractivity contribution in [2.24, 2.45) is 0 Å². The lowest BCUT2D eigenvalue weighted by molar-refractivity contribution is -0.385. The van der Waals surface area contributed by atoms with Crippen LogP contribution in [0.1, 0.15) is 41.7 Å². The van der Waals surface area contributed by atoms with E-state index < -0.39 is 26.5 Å². The molecular weight excluding hydrogens is 517 g/mol. The van der Waals surface area contributed by atoms with Crippen molar-refractivity contribution >= 4 is 21.6 Å².